The second-order valence-electron chi connectivity index (χ2n) is 9.91. The van der Waals surface area contributed by atoms with Gasteiger partial charge in [-0.1, -0.05) is 60.7 Å². The first kappa shape index (κ1) is 31.3. The Balaban J connectivity index is 1.48. The van der Waals surface area contributed by atoms with Crippen molar-refractivity contribution in [1.82, 2.24) is 10.2 Å². The van der Waals surface area contributed by atoms with Crippen molar-refractivity contribution in [2.75, 3.05) is 19.3 Å². The van der Waals surface area contributed by atoms with Gasteiger partial charge in [0.05, 0.1) is 6.16 Å². The van der Waals surface area contributed by atoms with E-state index in [1.54, 1.807) is 0 Å². The topological polar surface area (TPSA) is 142 Å². The van der Waals surface area contributed by atoms with Crippen LogP contribution in [0.25, 0.3) is 0 Å². The van der Waals surface area contributed by atoms with Crippen molar-refractivity contribution < 1.29 is 38.2 Å². The number of nitrogens with zero attached hydrogens (tertiary/aromatic N) is 1. The van der Waals surface area contributed by atoms with Gasteiger partial charge in [-0.2, -0.15) is 0 Å². The quantitative estimate of drug-likeness (QED) is 0.193. The van der Waals surface area contributed by atoms with E-state index in [9.17, 15) is 28.9 Å². The normalized spacial score (nSPS) is 17.1. The molecule has 1 heterocycles. The van der Waals surface area contributed by atoms with Gasteiger partial charge in [-0.05, 0) is 62.5 Å². The van der Waals surface area contributed by atoms with Gasteiger partial charge in [-0.3, -0.25) is 13.9 Å². The molecule has 1 aliphatic rings. The number of aryl methyl sites for hydroxylation is 1. The number of likely N-dealkylation sites (tertiary alicyclic amines) is 1. The van der Waals surface area contributed by atoms with E-state index in [0.717, 1.165) is 17.5 Å². The molecule has 2 aromatic carbocycles. The first-order valence-corrected chi connectivity index (χ1v) is 15.5. The van der Waals surface area contributed by atoms with Crippen LogP contribution in [-0.2, 0) is 36.4 Å². The number of hydrogen-bond acceptors (Lipinski definition) is 6. The summed E-state index contributed by atoms with van der Waals surface area (Å²) in [5.74, 6) is -1.69. The van der Waals surface area contributed by atoms with Crippen molar-refractivity contribution >= 4 is 25.6 Å². The number of nitrogens with one attached hydrogen (secondary N) is 1. The Morgan fingerprint density at radius 2 is 1.65 bits per heavy atom. The molecule has 0 saturated carbocycles. The molecule has 3 rings (SSSR count). The Hall–Kier alpha value is -3.20. The summed E-state index contributed by atoms with van der Waals surface area (Å²) in [7, 11) is -4.10. The third-order valence-corrected chi connectivity index (χ3v) is 8.23. The summed E-state index contributed by atoms with van der Waals surface area (Å²) >= 11 is 0. The number of carboxylic acid groups (broad SMARTS) is 1. The third-order valence-electron chi connectivity index (χ3n) is 6.76. The molecule has 0 aromatic heterocycles. The molecule has 1 aliphatic heterocycles. The van der Waals surface area contributed by atoms with E-state index in [1.807, 2.05) is 60.7 Å². The number of aliphatic carboxylic acids is 1. The van der Waals surface area contributed by atoms with Gasteiger partial charge in [-0.25, -0.2) is 9.59 Å². The Kier molecular flexibility index (Phi) is 12.7. The fourth-order valence-electron chi connectivity index (χ4n) is 4.65. The summed E-state index contributed by atoms with van der Waals surface area (Å²) in [6, 6.07) is 18.1. The molecule has 3 atom stereocenters. The van der Waals surface area contributed by atoms with E-state index in [0.29, 0.717) is 38.5 Å². The highest BCUT2D eigenvalue weighted by atomic mass is 31.2. The third kappa shape index (κ3) is 10.8. The van der Waals surface area contributed by atoms with Crippen LogP contribution in [0, 0.1) is 0 Å². The van der Waals surface area contributed by atoms with E-state index < -0.39 is 37.7 Å². The number of unbranched alkanes of at least 4 members (excludes halogenated alkanes) is 2. The molecule has 0 aliphatic carbocycles. The number of carbonyl (C=O) groups excluding carboxylic acids is 2. The average molecular weight is 575 g/mol. The van der Waals surface area contributed by atoms with E-state index >= 15 is 0 Å². The molecule has 0 spiro atoms. The van der Waals surface area contributed by atoms with Crippen LogP contribution in [0.5, 0.6) is 0 Å². The van der Waals surface area contributed by atoms with Crippen LogP contribution in [0.1, 0.15) is 56.1 Å². The van der Waals surface area contributed by atoms with Crippen LogP contribution in [0.4, 0.5) is 4.79 Å². The van der Waals surface area contributed by atoms with E-state index in [4.69, 9.17) is 9.26 Å². The van der Waals surface area contributed by atoms with E-state index in [-0.39, 0.29) is 32.3 Å². The maximum atomic E-state index is 13.3. The lowest BCUT2D eigenvalue weighted by molar-refractivity contribution is -0.151. The predicted molar refractivity (Wildman–Crippen MR) is 150 cm³/mol. The average Bonchev–Trinajstić information content (AvgIpc) is 3.45. The first-order chi connectivity index (χ1) is 19.2. The summed E-state index contributed by atoms with van der Waals surface area (Å²) < 4.78 is 23.6. The van der Waals surface area contributed by atoms with Crippen LogP contribution in [0.3, 0.4) is 0 Å². The molecule has 218 valence electrons. The Morgan fingerprint density at radius 3 is 2.33 bits per heavy atom. The molecule has 1 fully saturated rings. The minimum Gasteiger partial charge on any atom is -0.480 e. The second-order valence-corrected chi connectivity index (χ2v) is 11.8. The SMILES string of the molecule is O=C(NCCCCC(OP(=O)(O)CCCCc1ccccc1)C(=O)N1CCC[C@H]1C(=O)O)OCc1ccccc1. The largest absolute Gasteiger partial charge is 0.480 e. The Labute approximate surface area is 235 Å². The van der Waals surface area contributed by atoms with Gasteiger partial charge in [0.1, 0.15) is 18.8 Å². The number of alkyl carbamates (subject to hydrolysis) is 1. The lowest BCUT2D eigenvalue weighted by Gasteiger charge is -2.28. The van der Waals surface area contributed by atoms with Gasteiger partial charge in [0.15, 0.2) is 0 Å². The Morgan fingerprint density at radius 1 is 0.975 bits per heavy atom. The van der Waals surface area contributed by atoms with E-state index in [2.05, 4.69) is 5.32 Å². The van der Waals surface area contributed by atoms with E-state index in [1.165, 1.54) is 4.90 Å². The van der Waals surface area contributed by atoms with Crippen molar-refractivity contribution in [2.24, 2.45) is 0 Å². The standard InChI is InChI=1S/C29H39N2O8P/c32-27(31-20-11-17-25(31)28(33)34)26(39-40(36,37)21-10-8-14-23-12-3-1-4-13-23)18-7-9-19-30-29(35)38-22-24-15-5-2-6-16-24/h1-6,12-13,15-16,25-26H,7-11,14,17-22H2,(H,30,35)(H,33,34)(H,36,37)/t25-,26?/m0/s1. The monoisotopic (exact) mass is 574 g/mol. The highest BCUT2D eigenvalue weighted by Gasteiger charge is 2.39. The smallest absolute Gasteiger partial charge is 0.407 e. The summed E-state index contributed by atoms with van der Waals surface area (Å²) in [4.78, 5) is 48.6. The summed E-state index contributed by atoms with van der Waals surface area (Å²) in [6.45, 7) is 0.693. The summed E-state index contributed by atoms with van der Waals surface area (Å²) in [5, 5.41) is 12.2. The second kappa shape index (κ2) is 16.2. The van der Waals surface area contributed by atoms with Crippen LogP contribution in [0.2, 0.25) is 0 Å². The van der Waals surface area contributed by atoms with Crippen LogP contribution < -0.4 is 5.32 Å². The van der Waals surface area contributed by atoms with Gasteiger partial charge in [0.2, 0.25) is 0 Å². The number of ether oxygens (including phenoxy) is 1. The first-order valence-electron chi connectivity index (χ1n) is 13.8. The fraction of sp³-hybridized carbons (Fsp3) is 0.483. The minimum absolute atomic E-state index is 0.0964. The lowest BCUT2D eigenvalue weighted by atomic mass is 10.1. The lowest BCUT2D eigenvalue weighted by Crippen LogP contribution is -2.46. The number of benzene rings is 2. The molecule has 2 aromatic rings. The van der Waals surface area contributed by atoms with Crippen LogP contribution in [0.15, 0.2) is 60.7 Å². The molecule has 11 heteroatoms. The maximum Gasteiger partial charge on any atom is 0.407 e. The van der Waals surface area contributed by atoms with Crippen molar-refractivity contribution in [2.45, 2.75) is 70.1 Å². The molecular formula is C29H39N2O8P. The number of carbonyl (C=O) groups is 3. The number of hydrogen-bond donors (Lipinski definition) is 3. The molecule has 3 N–H and O–H groups in total. The molecule has 1 saturated heterocycles. The van der Waals surface area contributed by atoms with Crippen molar-refractivity contribution in [3.8, 4) is 0 Å². The Bertz CT molecular complexity index is 1130. The van der Waals surface area contributed by atoms with Crippen LogP contribution in [-0.4, -0.2) is 64.3 Å². The fourth-order valence-corrected chi connectivity index (χ4v) is 5.97. The molecule has 40 heavy (non-hydrogen) atoms. The predicted octanol–water partition coefficient (Wildman–Crippen LogP) is 4.75. The van der Waals surface area contributed by atoms with Gasteiger partial charge < -0.3 is 25.0 Å². The highest BCUT2D eigenvalue weighted by Crippen LogP contribution is 2.45. The van der Waals surface area contributed by atoms with Gasteiger partial charge >= 0.3 is 19.7 Å². The molecule has 2 amide bonds. The van der Waals surface area contributed by atoms with Gasteiger partial charge in [0, 0.05) is 13.1 Å². The minimum atomic E-state index is -4.10. The molecule has 0 bridgehead atoms. The van der Waals surface area contributed by atoms with Crippen molar-refractivity contribution in [3.63, 3.8) is 0 Å². The molecular weight excluding hydrogens is 535 g/mol. The van der Waals surface area contributed by atoms with Crippen molar-refractivity contribution in [1.29, 1.82) is 0 Å². The highest BCUT2D eigenvalue weighted by molar-refractivity contribution is 7.52. The van der Waals surface area contributed by atoms with Crippen LogP contribution >= 0.6 is 7.60 Å². The zero-order valence-electron chi connectivity index (χ0n) is 22.7. The number of carboxylic acids is 1. The summed E-state index contributed by atoms with van der Waals surface area (Å²) in [5.41, 5.74) is 2.00. The van der Waals surface area contributed by atoms with Gasteiger partial charge in [-0.15, -0.1) is 0 Å². The number of rotatable bonds is 16. The molecule has 2 unspecified atom stereocenters. The number of amides is 2. The molecule has 0 radical (unpaired) electrons. The van der Waals surface area contributed by atoms with Gasteiger partial charge in [0.25, 0.3) is 5.91 Å². The molecule has 10 nitrogen and oxygen atoms in total. The maximum absolute atomic E-state index is 13.3. The van der Waals surface area contributed by atoms with Crippen molar-refractivity contribution in [3.05, 3.63) is 71.8 Å². The zero-order chi connectivity index (χ0) is 28.8. The summed E-state index contributed by atoms with van der Waals surface area (Å²) in [6.07, 6.45) is 1.88. The zero-order valence-corrected chi connectivity index (χ0v) is 23.5.